The highest BCUT2D eigenvalue weighted by Crippen LogP contribution is 2.26. The number of nitro groups is 1. The molecule has 0 radical (unpaired) electrons. The SMILES string of the molecule is CCc1ccccc1NC(=O)c1ccc(Br)c([N+](=O)[O-])c1. The molecular formula is C15H13BrN2O3. The van der Waals surface area contributed by atoms with Gasteiger partial charge in [0.05, 0.1) is 9.40 Å². The number of nitrogens with one attached hydrogen (secondary N) is 1. The first-order valence-electron chi connectivity index (χ1n) is 6.36. The lowest BCUT2D eigenvalue weighted by Crippen LogP contribution is -2.13. The molecule has 0 bridgehead atoms. The molecule has 0 aliphatic carbocycles. The fourth-order valence-electron chi connectivity index (χ4n) is 1.94. The van der Waals surface area contributed by atoms with Crippen molar-refractivity contribution in [1.82, 2.24) is 0 Å². The molecule has 0 aromatic heterocycles. The van der Waals surface area contributed by atoms with Crippen LogP contribution in [0.5, 0.6) is 0 Å². The number of benzene rings is 2. The van der Waals surface area contributed by atoms with Crippen molar-refractivity contribution in [3.63, 3.8) is 0 Å². The third-order valence-corrected chi connectivity index (χ3v) is 3.72. The van der Waals surface area contributed by atoms with Crippen molar-refractivity contribution < 1.29 is 9.72 Å². The Bertz CT molecular complexity index is 701. The lowest BCUT2D eigenvalue weighted by atomic mass is 10.1. The number of nitro benzene ring substituents is 1. The second kappa shape index (κ2) is 6.49. The lowest BCUT2D eigenvalue weighted by Gasteiger charge is -2.09. The molecule has 0 aliphatic heterocycles. The summed E-state index contributed by atoms with van der Waals surface area (Å²) < 4.78 is 0.345. The highest BCUT2D eigenvalue weighted by Gasteiger charge is 2.16. The van der Waals surface area contributed by atoms with Gasteiger partial charge in [-0.25, -0.2) is 0 Å². The highest BCUT2D eigenvalue weighted by molar-refractivity contribution is 9.10. The first kappa shape index (κ1) is 15.2. The van der Waals surface area contributed by atoms with E-state index in [-0.39, 0.29) is 17.2 Å². The minimum atomic E-state index is -0.527. The van der Waals surface area contributed by atoms with Gasteiger partial charge in [-0.05, 0) is 46.1 Å². The Morgan fingerprint density at radius 2 is 2.00 bits per heavy atom. The summed E-state index contributed by atoms with van der Waals surface area (Å²) in [7, 11) is 0. The molecule has 21 heavy (non-hydrogen) atoms. The molecule has 5 nitrogen and oxygen atoms in total. The van der Waals surface area contributed by atoms with Crippen molar-refractivity contribution in [2.75, 3.05) is 5.32 Å². The fourth-order valence-corrected chi connectivity index (χ4v) is 2.33. The van der Waals surface area contributed by atoms with Crippen LogP contribution in [0.25, 0.3) is 0 Å². The standard InChI is InChI=1S/C15H13BrN2O3/c1-2-10-5-3-4-6-13(10)17-15(19)11-7-8-12(16)14(9-11)18(20)21/h3-9H,2H2,1H3,(H,17,19). The Labute approximate surface area is 130 Å². The van der Waals surface area contributed by atoms with Gasteiger partial charge in [0.15, 0.2) is 0 Å². The summed E-state index contributed by atoms with van der Waals surface area (Å²) in [6, 6.07) is 11.8. The average Bonchev–Trinajstić information content (AvgIpc) is 2.47. The number of amides is 1. The number of rotatable bonds is 4. The Kier molecular flexibility index (Phi) is 4.70. The van der Waals surface area contributed by atoms with Crippen LogP contribution in [0.4, 0.5) is 11.4 Å². The number of para-hydroxylation sites is 1. The number of hydrogen-bond acceptors (Lipinski definition) is 3. The van der Waals surface area contributed by atoms with Gasteiger partial charge < -0.3 is 5.32 Å². The average molecular weight is 349 g/mol. The summed E-state index contributed by atoms with van der Waals surface area (Å²) in [6.07, 6.45) is 0.789. The third-order valence-electron chi connectivity index (χ3n) is 3.05. The molecular weight excluding hydrogens is 336 g/mol. The zero-order valence-electron chi connectivity index (χ0n) is 11.3. The minimum Gasteiger partial charge on any atom is -0.322 e. The molecule has 6 heteroatoms. The largest absolute Gasteiger partial charge is 0.322 e. The molecule has 1 N–H and O–H groups in total. The topological polar surface area (TPSA) is 72.2 Å². The summed E-state index contributed by atoms with van der Waals surface area (Å²) in [5.41, 5.74) is 1.84. The lowest BCUT2D eigenvalue weighted by molar-refractivity contribution is -0.385. The van der Waals surface area contributed by atoms with E-state index in [4.69, 9.17) is 0 Å². The molecule has 2 aromatic carbocycles. The molecule has 0 spiro atoms. The maximum atomic E-state index is 12.2. The van der Waals surface area contributed by atoms with E-state index in [9.17, 15) is 14.9 Å². The number of anilines is 1. The Balaban J connectivity index is 2.29. The number of aryl methyl sites for hydroxylation is 1. The number of nitrogens with zero attached hydrogens (tertiary/aromatic N) is 1. The van der Waals surface area contributed by atoms with Gasteiger partial charge in [0, 0.05) is 17.3 Å². The van der Waals surface area contributed by atoms with E-state index in [1.54, 1.807) is 6.07 Å². The normalized spacial score (nSPS) is 10.2. The van der Waals surface area contributed by atoms with E-state index in [1.807, 2.05) is 31.2 Å². The van der Waals surface area contributed by atoms with Crippen molar-refractivity contribution in [3.8, 4) is 0 Å². The summed E-state index contributed by atoms with van der Waals surface area (Å²) in [5.74, 6) is -0.369. The van der Waals surface area contributed by atoms with Crippen LogP contribution in [-0.4, -0.2) is 10.8 Å². The van der Waals surface area contributed by atoms with Crippen LogP contribution in [0.1, 0.15) is 22.8 Å². The van der Waals surface area contributed by atoms with E-state index in [2.05, 4.69) is 21.2 Å². The zero-order valence-corrected chi connectivity index (χ0v) is 12.9. The van der Waals surface area contributed by atoms with E-state index >= 15 is 0 Å². The molecule has 0 saturated heterocycles. The van der Waals surface area contributed by atoms with Crippen molar-refractivity contribution in [3.05, 3.63) is 68.2 Å². The van der Waals surface area contributed by atoms with Crippen molar-refractivity contribution in [2.24, 2.45) is 0 Å². The van der Waals surface area contributed by atoms with Crippen molar-refractivity contribution in [2.45, 2.75) is 13.3 Å². The van der Waals surface area contributed by atoms with Crippen molar-refractivity contribution >= 4 is 33.2 Å². The second-order valence-electron chi connectivity index (χ2n) is 4.39. The molecule has 0 atom stereocenters. The highest BCUT2D eigenvalue weighted by atomic mass is 79.9. The monoisotopic (exact) mass is 348 g/mol. The summed E-state index contributed by atoms with van der Waals surface area (Å²) in [5, 5.41) is 13.7. The van der Waals surface area contributed by atoms with Gasteiger partial charge in [-0.1, -0.05) is 25.1 Å². The summed E-state index contributed by atoms with van der Waals surface area (Å²) in [4.78, 5) is 22.6. The Morgan fingerprint density at radius 3 is 2.67 bits per heavy atom. The van der Waals surface area contributed by atoms with Crippen LogP contribution >= 0.6 is 15.9 Å². The van der Waals surface area contributed by atoms with Gasteiger partial charge in [0.2, 0.25) is 0 Å². The molecule has 0 saturated carbocycles. The Hall–Kier alpha value is -2.21. The summed E-state index contributed by atoms with van der Waals surface area (Å²) in [6.45, 7) is 2.00. The second-order valence-corrected chi connectivity index (χ2v) is 5.24. The van der Waals surface area contributed by atoms with E-state index < -0.39 is 4.92 Å². The van der Waals surface area contributed by atoms with Gasteiger partial charge in [-0.3, -0.25) is 14.9 Å². The van der Waals surface area contributed by atoms with Gasteiger partial charge in [-0.15, -0.1) is 0 Å². The molecule has 1 amide bonds. The molecule has 2 aromatic rings. The van der Waals surface area contributed by atoms with Crippen LogP contribution in [0.15, 0.2) is 46.9 Å². The van der Waals surface area contributed by atoms with Crippen LogP contribution in [0.2, 0.25) is 0 Å². The summed E-state index contributed by atoms with van der Waals surface area (Å²) >= 11 is 3.10. The van der Waals surface area contributed by atoms with Gasteiger partial charge >= 0.3 is 0 Å². The first-order chi connectivity index (χ1) is 10.0. The minimum absolute atomic E-state index is 0.133. The van der Waals surface area contributed by atoms with Crippen molar-refractivity contribution in [1.29, 1.82) is 0 Å². The quantitative estimate of drug-likeness (QED) is 0.665. The molecule has 2 rings (SSSR count). The van der Waals surface area contributed by atoms with E-state index in [0.29, 0.717) is 4.47 Å². The van der Waals surface area contributed by atoms with Gasteiger partial charge in [0.1, 0.15) is 0 Å². The molecule has 0 aliphatic rings. The smallest absolute Gasteiger partial charge is 0.284 e. The van der Waals surface area contributed by atoms with Crippen LogP contribution in [0, 0.1) is 10.1 Å². The van der Waals surface area contributed by atoms with Gasteiger partial charge in [-0.2, -0.15) is 0 Å². The van der Waals surface area contributed by atoms with Crippen LogP contribution in [0.3, 0.4) is 0 Å². The van der Waals surface area contributed by atoms with Crippen LogP contribution in [-0.2, 0) is 6.42 Å². The van der Waals surface area contributed by atoms with E-state index in [0.717, 1.165) is 17.7 Å². The predicted octanol–water partition coefficient (Wildman–Crippen LogP) is 4.17. The number of carbonyl (C=O) groups excluding carboxylic acids is 1. The van der Waals surface area contributed by atoms with E-state index in [1.165, 1.54) is 12.1 Å². The molecule has 0 fully saturated rings. The molecule has 0 unspecified atom stereocenters. The molecule has 0 heterocycles. The number of halogens is 1. The molecule has 108 valence electrons. The first-order valence-corrected chi connectivity index (χ1v) is 7.15. The number of carbonyl (C=O) groups is 1. The maximum absolute atomic E-state index is 12.2. The maximum Gasteiger partial charge on any atom is 0.284 e. The Morgan fingerprint density at radius 1 is 1.29 bits per heavy atom. The third kappa shape index (κ3) is 3.46. The fraction of sp³-hybridized carbons (Fsp3) is 0.133. The predicted molar refractivity (Wildman–Crippen MR) is 84.6 cm³/mol. The number of hydrogen-bond donors (Lipinski definition) is 1. The van der Waals surface area contributed by atoms with Gasteiger partial charge in [0.25, 0.3) is 11.6 Å². The zero-order chi connectivity index (χ0) is 15.4. The van der Waals surface area contributed by atoms with Crippen LogP contribution < -0.4 is 5.32 Å².